The van der Waals surface area contributed by atoms with Gasteiger partial charge in [-0.2, -0.15) is 0 Å². The molecule has 0 radical (unpaired) electrons. The highest BCUT2D eigenvalue weighted by atomic mass is 32.2. The molecule has 6 heteroatoms. The molecule has 0 saturated heterocycles. The van der Waals surface area contributed by atoms with Gasteiger partial charge in [-0.25, -0.2) is 13.1 Å². The van der Waals surface area contributed by atoms with Gasteiger partial charge in [0, 0.05) is 20.2 Å². The summed E-state index contributed by atoms with van der Waals surface area (Å²) in [6.45, 7) is 5.06. The van der Waals surface area contributed by atoms with Crippen molar-refractivity contribution in [3.63, 3.8) is 0 Å². The van der Waals surface area contributed by atoms with Crippen molar-refractivity contribution in [3.05, 3.63) is 28.8 Å². The average molecular weight is 286 g/mol. The van der Waals surface area contributed by atoms with E-state index in [1.165, 1.54) is 7.11 Å². The molecule has 1 aromatic carbocycles. The zero-order chi connectivity index (χ0) is 14.5. The summed E-state index contributed by atoms with van der Waals surface area (Å²) in [4.78, 5) is 0.333. The summed E-state index contributed by atoms with van der Waals surface area (Å²) in [5, 5.41) is 3.04. The van der Waals surface area contributed by atoms with Crippen LogP contribution in [0.15, 0.2) is 17.0 Å². The summed E-state index contributed by atoms with van der Waals surface area (Å²) in [7, 11) is -0.103. The third-order valence-electron chi connectivity index (χ3n) is 2.89. The number of hydrogen-bond donors (Lipinski definition) is 2. The molecule has 0 aromatic heterocycles. The Balaban J connectivity index is 3.08. The summed E-state index contributed by atoms with van der Waals surface area (Å²) in [6.07, 6.45) is 0. The van der Waals surface area contributed by atoms with E-state index in [2.05, 4.69) is 10.0 Å². The lowest BCUT2D eigenvalue weighted by molar-refractivity contribution is 0.204. The minimum Gasteiger partial charge on any atom is -0.383 e. The number of rotatable bonds is 7. The molecule has 0 saturated carbocycles. The van der Waals surface area contributed by atoms with Crippen LogP contribution >= 0.6 is 0 Å². The molecule has 19 heavy (non-hydrogen) atoms. The molecule has 0 fully saturated rings. The Bertz CT molecular complexity index is 527. The first-order valence-corrected chi connectivity index (χ1v) is 7.64. The monoisotopic (exact) mass is 286 g/mol. The Labute approximate surface area is 115 Å². The van der Waals surface area contributed by atoms with E-state index >= 15 is 0 Å². The number of hydrogen-bond acceptors (Lipinski definition) is 4. The molecular formula is C13H22N2O3S. The molecular weight excluding hydrogens is 264 g/mol. The zero-order valence-corrected chi connectivity index (χ0v) is 12.7. The van der Waals surface area contributed by atoms with E-state index in [1.54, 1.807) is 13.0 Å². The van der Waals surface area contributed by atoms with E-state index in [0.717, 1.165) is 16.7 Å². The maximum absolute atomic E-state index is 12.2. The zero-order valence-electron chi connectivity index (χ0n) is 11.9. The van der Waals surface area contributed by atoms with Crippen molar-refractivity contribution in [1.29, 1.82) is 0 Å². The normalized spacial score (nSPS) is 11.8. The van der Waals surface area contributed by atoms with E-state index in [-0.39, 0.29) is 6.54 Å². The van der Waals surface area contributed by atoms with Crippen molar-refractivity contribution in [3.8, 4) is 0 Å². The molecule has 1 rings (SSSR count). The molecule has 0 amide bonds. The Morgan fingerprint density at radius 2 is 1.89 bits per heavy atom. The van der Waals surface area contributed by atoms with Crippen LogP contribution in [0.3, 0.4) is 0 Å². The number of nitrogens with one attached hydrogen (secondary N) is 2. The van der Waals surface area contributed by atoms with Gasteiger partial charge >= 0.3 is 0 Å². The van der Waals surface area contributed by atoms with E-state index in [0.29, 0.717) is 18.0 Å². The molecule has 0 heterocycles. The Kier molecular flexibility index (Phi) is 5.93. The fraction of sp³-hybridized carbons (Fsp3) is 0.538. The molecule has 0 aliphatic carbocycles. The fourth-order valence-corrected chi connectivity index (χ4v) is 3.19. The Morgan fingerprint density at radius 1 is 1.21 bits per heavy atom. The standard InChI is InChI=1S/C13H22N2O3S/c1-10-7-11(2)13(8-12(10)9-14-3)19(16,17)15-5-6-18-4/h7-8,14-15H,5-6,9H2,1-4H3. The first-order valence-electron chi connectivity index (χ1n) is 6.15. The van der Waals surface area contributed by atoms with E-state index in [1.807, 2.05) is 20.0 Å². The first-order chi connectivity index (χ1) is 8.92. The van der Waals surface area contributed by atoms with Gasteiger partial charge in [0.25, 0.3) is 0 Å². The van der Waals surface area contributed by atoms with Crippen molar-refractivity contribution < 1.29 is 13.2 Å². The van der Waals surface area contributed by atoms with Crippen LogP contribution in [-0.4, -0.2) is 35.7 Å². The van der Waals surface area contributed by atoms with Crippen molar-refractivity contribution in [2.45, 2.75) is 25.3 Å². The Morgan fingerprint density at radius 3 is 2.47 bits per heavy atom. The Hall–Kier alpha value is -0.950. The van der Waals surface area contributed by atoms with Gasteiger partial charge in [0.2, 0.25) is 10.0 Å². The number of sulfonamides is 1. The van der Waals surface area contributed by atoms with Gasteiger partial charge in [-0.05, 0) is 43.7 Å². The summed E-state index contributed by atoms with van der Waals surface area (Å²) >= 11 is 0. The molecule has 1 aromatic rings. The SMILES string of the molecule is CNCc1cc(S(=O)(=O)NCCOC)c(C)cc1C. The lowest BCUT2D eigenvalue weighted by Crippen LogP contribution is -2.28. The second-order valence-corrected chi connectivity index (χ2v) is 6.20. The summed E-state index contributed by atoms with van der Waals surface area (Å²) < 4.78 is 31.8. The van der Waals surface area contributed by atoms with E-state index in [9.17, 15) is 8.42 Å². The highest BCUT2D eigenvalue weighted by molar-refractivity contribution is 7.89. The van der Waals surface area contributed by atoms with Crippen LogP contribution in [0.2, 0.25) is 0 Å². The molecule has 0 spiro atoms. The number of benzene rings is 1. The van der Waals surface area contributed by atoms with Gasteiger partial charge in [0.1, 0.15) is 0 Å². The molecule has 2 N–H and O–H groups in total. The largest absolute Gasteiger partial charge is 0.383 e. The first kappa shape index (κ1) is 16.1. The summed E-state index contributed by atoms with van der Waals surface area (Å²) in [5.41, 5.74) is 2.82. The van der Waals surface area contributed by atoms with Gasteiger partial charge < -0.3 is 10.1 Å². The minimum atomic E-state index is -3.48. The highest BCUT2D eigenvalue weighted by Crippen LogP contribution is 2.20. The van der Waals surface area contributed by atoms with Crippen molar-refractivity contribution >= 4 is 10.0 Å². The fourth-order valence-electron chi connectivity index (χ4n) is 1.90. The maximum atomic E-state index is 12.2. The van der Waals surface area contributed by atoms with Crippen LogP contribution in [-0.2, 0) is 21.3 Å². The van der Waals surface area contributed by atoms with E-state index < -0.39 is 10.0 Å². The molecule has 0 unspecified atom stereocenters. The summed E-state index contributed by atoms with van der Waals surface area (Å²) in [6, 6.07) is 3.63. The number of methoxy groups -OCH3 is 1. The maximum Gasteiger partial charge on any atom is 0.240 e. The van der Waals surface area contributed by atoms with Crippen molar-refractivity contribution in [1.82, 2.24) is 10.0 Å². The molecule has 5 nitrogen and oxygen atoms in total. The van der Waals surface area contributed by atoms with Crippen molar-refractivity contribution in [2.75, 3.05) is 27.3 Å². The second-order valence-electron chi connectivity index (χ2n) is 4.47. The minimum absolute atomic E-state index is 0.271. The van der Waals surface area contributed by atoms with Gasteiger partial charge in [-0.3, -0.25) is 0 Å². The summed E-state index contributed by atoms with van der Waals surface area (Å²) in [5.74, 6) is 0. The lowest BCUT2D eigenvalue weighted by Gasteiger charge is -2.13. The second kappa shape index (κ2) is 7.00. The molecule has 0 bridgehead atoms. The molecule has 0 atom stereocenters. The van der Waals surface area contributed by atoms with Crippen LogP contribution in [0, 0.1) is 13.8 Å². The van der Waals surface area contributed by atoms with Crippen LogP contribution in [0.25, 0.3) is 0 Å². The van der Waals surface area contributed by atoms with Crippen LogP contribution in [0.5, 0.6) is 0 Å². The van der Waals surface area contributed by atoms with Crippen molar-refractivity contribution in [2.24, 2.45) is 0 Å². The predicted molar refractivity (Wildman–Crippen MR) is 75.7 cm³/mol. The topological polar surface area (TPSA) is 67.4 Å². The third kappa shape index (κ3) is 4.28. The van der Waals surface area contributed by atoms with Gasteiger partial charge in [0.05, 0.1) is 11.5 Å². The molecule has 0 aliphatic heterocycles. The van der Waals surface area contributed by atoms with E-state index in [4.69, 9.17) is 4.74 Å². The van der Waals surface area contributed by atoms with Crippen LogP contribution in [0.1, 0.15) is 16.7 Å². The van der Waals surface area contributed by atoms with Crippen LogP contribution in [0.4, 0.5) is 0 Å². The third-order valence-corrected chi connectivity index (χ3v) is 4.49. The smallest absolute Gasteiger partial charge is 0.240 e. The van der Waals surface area contributed by atoms with Gasteiger partial charge in [-0.1, -0.05) is 6.07 Å². The molecule has 0 aliphatic rings. The van der Waals surface area contributed by atoms with Crippen LogP contribution < -0.4 is 10.0 Å². The van der Waals surface area contributed by atoms with Gasteiger partial charge in [0.15, 0.2) is 0 Å². The molecule has 108 valence electrons. The number of aryl methyl sites for hydroxylation is 2. The lowest BCUT2D eigenvalue weighted by atomic mass is 10.1. The average Bonchev–Trinajstić information content (AvgIpc) is 2.32. The van der Waals surface area contributed by atoms with Gasteiger partial charge in [-0.15, -0.1) is 0 Å². The quantitative estimate of drug-likeness (QED) is 0.732. The number of ether oxygens (including phenoxy) is 1. The predicted octanol–water partition coefficient (Wildman–Crippen LogP) is 0.948. The highest BCUT2D eigenvalue weighted by Gasteiger charge is 2.17.